The van der Waals surface area contributed by atoms with Crippen LogP contribution in [0, 0.1) is 10.6 Å². The van der Waals surface area contributed by atoms with Crippen molar-refractivity contribution in [3.8, 4) is 0 Å². The molecule has 1 heterocycles. The van der Waals surface area contributed by atoms with Gasteiger partial charge < -0.3 is 10.8 Å². The smallest absolute Gasteiger partial charge is 0.106 e. The van der Waals surface area contributed by atoms with E-state index in [4.69, 9.17) is 10.8 Å². The Morgan fingerprint density at radius 1 is 1.67 bits per heavy atom. The molecule has 0 bridgehead atoms. The molecule has 0 spiro atoms. The van der Waals surface area contributed by atoms with Gasteiger partial charge in [0.05, 0.1) is 0 Å². The lowest BCUT2D eigenvalue weighted by atomic mass is 10.1. The predicted octanol–water partition coefficient (Wildman–Crippen LogP) is 0.814. The molecule has 66 valence electrons. The van der Waals surface area contributed by atoms with Gasteiger partial charge in [0.1, 0.15) is 9.93 Å². The van der Waals surface area contributed by atoms with E-state index in [1.54, 1.807) is 0 Å². The first-order chi connectivity index (χ1) is 5.59. The Kier molecular flexibility index (Phi) is 3.42. The van der Waals surface area contributed by atoms with Crippen LogP contribution < -0.4 is 5.73 Å². The lowest BCUT2D eigenvalue weighted by Gasteiger charge is -2.06. The third-order valence-corrected chi connectivity index (χ3v) is 2.19. The van der Waals surface area contributed by atoms with Crippen molar-refractivity contribution < 1.29 is 5.11 Å². The maximum absolute atomic E-state index is 8.95. The van der Waals surface area contributed by atoms with Crippen LogP contribution in [0.1, 0.15) is 11.3 Å². The summed E-state index contributed by atoms with van der Waals surface area (Å²) in [5.74, 6) is 0. The van der Waals surface area contributed by atoms with Crippen LogP contribution in [-0.2, 0) is 6.42 Å². The Hall–Kier alpha value is -0.200. The highest BCUT2D eigenvalue weighted by Gasteiger charge is 2.03. The number of halogens is 1. The lowest BCUT2D eigenvalue weighted by Crippen LogP contribution is -2.22. The first-order valence-corrected chi connectivity index (χ1v) is 4.73. The molecule has 0 amide bonds. The van der Waals surface area contributed by atoms with E-state index in [1.165, 1.54) is 0 Å². The lowest BCUT2D eigenvalue weighted by molar-refractivity contribution is 0.182. The molecule has 0 saturated heterocycles. The van der Waals surface area contributed by atoms with Crippen LogP contribution in [0.25, 0.3) is 0 Å². The largest absolute Gasteiger partial charge is 0.378 e. The molecule has 0 aliphatic heterocycles. The minimum absolute atomic E-state index is 0.468. The number of aryl methyl sites for hydroxylation is 1. The van der Waals surface area contributed by atoms with Crippen molar-refractivity contribution in [1.29, 1.82) is 0 Å². The summed E-state index contributed by atoms with van der Waals surface area (Å²) in [6.07, 6.45) is -0.319. The van der Waals surface area contributed by atoms with Crippen molar-refractivity contribution in [2.75, 3.05) is 0 Å². The van der Waals surface area contributed by atoms with E-state index in [9.17, 15) is 0 Å². The van der Waals surface area contributed by atoms with Crippen molar-refractivity contribution in [1.82, 2.24) is 4.98 Å². The quantitative estimate of drug-likeness (QED) is 0.478. The highest BCUT2D eigenvalue weighted by atomic mass is 127. The van der Waals surface area contributed by atoms with Crippen LogP contribution in [0.15, 0.2) is 12.1 Å². The number of aromatic nitrogens is 1. The molecule has 3 N–H and O–H groups in total. The highest BCUT2D eigenvalue weighted by molar-refractivity contribution is 14.1. The molecule has 0 aliphatic rings. The minimum Gasteiger partial charge on any atom is -0.378 e. The van der Waals surface area contributed by atoms with Gasteiger partial charge in [-0.25, -0.2) is 4.98 Å². The maximum atomic E-state index is 8.95. The van der Waals surface area contributed by atoms with Crippen LogP contribution in [0.4, 0.5) is 0 Å². The predicted molar refractivity (Wildman–Crippen MR) is 55.6 cm³/mol. The molecular formula is C8H11IN2O. The number of hydrogen-bond donors (Lipinski definition) is 2. The normalized spacial score (nSPS) is 13.0. The molecule has 0 radical (unpaired) electrons. The molecule has 0 fully saturated rings. The average molecular weight is 278 g/mol. The summed E-state index contributed by atoms with van der Waals surface area (Å²) < 4.78 is 0.959. The van der Waals surface area contributed by atoms with Crippen LogP contribution in [0.2, 0.25) is 0 Å². The molecule has 1 unspecified atom stereocenters. The number of hydrogen-bond acceptors (Lipinski definition) is 3. The fourth-order valence-corrected chi connectivity index (χ4v) is 1.54. The molecule has 0 aliphatic carbocycles. The van der Waals surface area contributed by atoms with Crippen LogP contribution >= 0.6 is 22.6 Å². The average Bonchev–Trinajstić information content (AvgIpc) is 1.94. The van der Waals surface area contributed by atoms with Crippen molar-refractivity contribution >= 4 is 22.6 Å². The number of aliphatic hydroxyl groups excluding tert-OH is 1. The van der Waals surface area contributed by atoms with Crippen LogP contribution in [0.5, 0.6) is 0 Å². The Bertz CT molecular complexity index is 276. The molecule has 1 atom stereocenters. The zero-order valence-electron chi connectivity index (χ0n) is 6.79. The van der Waals surface area contributed by atoms with Crippen LogP contribution in [0.3, 0.4) is 0 Å². The van der Waals surface area contributed by atoms with Crippen LogP contribution in [-0.4, -0.2) is 16.3 Å². The summed E-state index contributed by atoms with van der Waals surface area (Å²) >= 11 is 2.15. The second-order valence-electron chi connectivity index (χ2n) is 2.65. The monoisotopic (exact) mass is 278 g/mol. The molecule has 12 heavy (non-hydrogen) atoms. The molecule has 0 saturated carbocycles. The van der Waals surface area contributed by atoms with E-state index in [1.807, 2.05) is 19.1 Å². The van der Waals surface area contributed by atoms with Gasteiger partial charge in [-0.05, 0) is 41.1 Å². The van der Waals surface area contributed by atoms with Crippen molar-refractivity contribution in [3.63, 3.8) is 0 Å². The van der Waals surface area contributed by atoms with Gasteiger partial charge in [-0.15, -0.1) is 0 Å². The van der Waals surface area contributed by atoms with Gasteiger partial charge >= 0.3 is 0 Å². The van der Waals surface area contributed by atoms with Crippen molar-refractivity contribution in [2.45, 2.75) is 19.6 Å². The number of pyridine rings is 1. The topological polar surface area (TPSA) is 59.1 Å². The zero-order chi connectivity index (χ0) is 9.14. The molecule has 1 rings (SSSR count). The Labute approximate surface area is 85.1 Å². The van der Waals surface area contributed by atoms with E-state index >= 15 is 0 Å². The summed E-state index contributed by atoms with van der Waals surface area (Å²) in [6, 6.07) is 3.85. The zero-order valence-corrected chi connectivity index (χ0v) is 8.95. The van der Waals surface area contributed by atoms with Gasteiger partial charge in [-0.3, -0.25) is 0 Å². The summed E-state index contributed by atoms with van der Waals surface area (Å²) in [7, 11) is 0. The summed E-state index contributed by atoms with van der Waals surface area (Å²) in [5.41, 5.74) is 7.20. The van der Waals surface area contributed by atoms with E-state index in [0.29, 0.717) is 6.42 Å². The molecule has 1 aromatic heterocycles. The van der Waals surface area contributed by atoms with E-state index in [2.05, 4.69) is 27.6 Å². The minimum atomic E-state index is -0.787. The molecular weight excluding hydrogens is 267 g/mol. The second kappa shape index (κ2) is 4.15. The van der Waals surface area contributed by atoms with E-state index in [-0.39, 0.29) is 0 Å². The standard InChI is InChI=1S/C8H11IN2O/c1-5-6(4-8(10)12)2-3-7(9)11-5/h2-3,8,12H,4,10H2,1H3. The highest BCUT2D eigenvalue weighted by Crippen LogP contribution is 2.09. The molecule has 4 heteroatoms. The summed E-state index contributed by atoms with van der Waals surface area (Å²) in [6.45, 7) is 1.92. The van der Waals surface area contributed by atoms with Gasteiger partial charge in [-0.1, -0.05) is 6.07 Å². The first-order valence-electron chi connectivity index (χ1n) is 3.65. The third-order valence-electron chi connectivity index (χ3n) is 1.59. The molecule has 0 aromatic carbocycles. The van der Waals surface area contributed by atoms with Gasteiger partial charge in [0, 0.05) is 12.1 Å². The number of aliphatic hydroxyl groups is 1. The van der Waals surface area contributed by atoms with Crippen molar-refractivity contribution in [2.24, 2.45) is 5.73 Å². The van der Waals surface area contributed by atoms with E-state index < -0.39 is 6.23 Å². The van der Waals surface area contributed by atoms with Gasteiger partial charge in [0.2, 0.25) is 0 Å². The second-order valence-corrected chi connectivity index (χ2v) is 3.76. The van der Waals surface area contributed by atoms with Gasteiger partial charge in [0.25, 0.3) is 0 Å². The summed E-state index contributed by atoms with van der Waals surface area (Å²) in [5, 5.41) is 8.95. The Morgan fingerprint density at radius 2 is 2.33 bits per heavy atom. The van der Waals surface area contributed by atoms with Crippen molar-refractivity contribution in [3.05, 3.63) is 27.1 Å². The maximum Gasteiger partial charge on any atom is 0.106 e. The molecule has 1 aromatic rings. The van der Waals surface area contributed by atoms with Gasteiger partial charge in [-0.2, -0.15) is 0 Å². The van der Waals surface area contributed by atoms with E-state index in [0.717, 1.165) is 15.0 Å². The summed E-state index contributed by atoms with van der Waals surface area (Å²) in [4.78, 5) is 4.25. The number of nitrogens with zero attached hydrogens (tertiary/aromatic N) is 1. The van der Waals surface area contributed by atoms with Gasteiger partial charge in [0.15, 0.2) is 0 Å². The number of nitrogens with two attached hydrogens (primary N) is 1. The first kappa shape index (κ1) is 9.88. The SMILES string of the molecule is Cc1nc(I)ccc1CC(N)O. The Balaban J connectivity index is 2.86. The molecule has 3 nitrogen and oxygen atoms in total. The third kappa shape index (κ3) is 2.69. The Morgan fingerprint density at radius 3 is 2.83 bits per heavy atom. The fraction of sp³-hybridized carbons (Fsp3) is 0.375. The number of rotatable bonds is 2. The fourth-order valence-electron chi connectivity index (χ4n) is 1.00.